The average Bonchev–Trinajstić information content (AvgIpc) is 3.00. The molecule has 2 aromatic heterocycles. The zero-order chi connectivity index (χ0) is 18.7. The second kappa shape index (κ2) is 7.59. The van der Waals surface area contributed by atoms with Crippen LogP contribution < -0.4 is 10.2 Å². The summed E-state index contributed by atoms with van der Waals surface area (Å²) in [5.41, 5.74) is 5.38. The first-order chi connectivity index (χ1) is 12.6. The fourth-order valence-electron chi connectivity index (χ4n) is 3.41. The molecule has 0 saturated carbocycles. The number of hydrogen-bond acceptors (Lipinski definition) is 3. The van der Waals surface area contributed by atoms with Crippen LogP contribution >= 0.6 is 0 Å². The smallest absolute Gasteiger partial charge is 0.157 e. The minimum atomic E-state index is 0.640. The van der Waals surface area contributed by atoms with E-state index in [0.717, 1.165) is 53.1 Å². The number of pyridine rings is 1. The Kier molecular flexibility index (Phi) is 5.24. The fourth-order valence-corrected chi connectivity index (χ4v) is 3.41. The second-order valence-electron chi connectivity index (χ2n) is 6.93. The molecule has 5 heteroatoms. The van der Waals surface area contributed by atoms with Gasteiger partial charge in [-0.1, -0.05) is 18.2 Å². The molecular formula is C21H26N5+. The van der Waals surface area contributed by atoms with Crippen LogP contribution in [0.1, 0.15) is 23.1 Å². The maximum absolute atomic E-state index is 9.75. The Hall–Kier alpha value is -2.84. The highest BCUT2D eigenvalue weighted by molar-refractivity contribution is 5.86. The van der Waals surface area contributed by atoms with Gasteiger partial charge in [0.2, 0.25) is 0 Å². The van der Waals surface area contributed by atoms with Crippen molar-refractivity contribution in [3.63, 3.8) is 0 Å². The van der Waals surface area contributed by atoms with Gasteiger partial charge in [-0.05, 0) is 31.0 Å². The van der Waals surface area contributed by atoms with Crippen LogP contribution in [0.5, 0.6) is 0 Å². The van der Waals surface area contributed by atoms with Gasteiger partial charge in [0.1, 0.15) is 11.9 Å². The molecule has 5 nitrogen and oxygen atoms in total. The standard InChI is InChI=1S/C21H25N5/c1-5-9-16-15(2)17(14-22)21-24-18-10-6-7-11-19(18)26(21)20(16)23-12-8-13-25(3)4/h5-7,10-11,23H,1,8-9,12-13H2,2-4H3/p+1. The summed E-state index contributed by atoms with van der Waals surface area (Å²) < 4.78 is 2.10. The molecule has 26 heavy (non-hydrogen) atoms. The van der Waals surface area contributed by atoms with E-state index in [-0.39, 0.29) is 0 Å². The van der Waals surface area contributed by atoms with Gasteiger partial charge in [-0.3, -0.25) is 4.40 Å². The summed E-state index contributed by atoms with van der Waals surface area (Å²) in [7, 11) is 4.33. The summed E-state index contributed by atoms with van der Waals surface area (Å²) >= 11 is 0. The fraction of sp³-hybridized carbons (Fsp3) is 0.333. The Morgan fingerprint density at radius 3 is 2.81 bits per heavy atom. The summed E-state index contributed by atoms with van der Waals surface area (Å²) in [5.74, 6) is 1.03. The predicted octanol–water partition coefficient (Wildman–Crippen LogP) is 2.34. The van der Waals surface area contributed by atoms with Gasteiger partial charge in [0, 0.05) is 18.5 Å². The van der Waals surface area contributed by atoms with Gasteiger partial charge in [0.05, 0.1) is 37.2 Å². The van der Waals surface area contributed by atoms with E-state index >= 15 is 0 Å². The van der Waals surface area contributed by atoms with Crippen LogP contribution in [0.2, 0.25) is 0 Å². The molecule has 0 saturated heterocycles. The van der Waals surface area contributed by atoms with Crippen molar-refractivity contribution >= 4 is 22.5 Å². The van der Waals surface area contributed by atoms with Gasteiger partial charge in [0.15, 0.2) is 5.65 Å². The SMILES string of the molecule is C=CCc1c(C)c(C#N)c2nc3ccccc3n2c1NCCC[NH+](C)C. The molecule has 0 aliphatic heterocycles. The van der Waals surface area contributed by atoms with E-state index < -0.39 is 0 Å². The largest absolute Gasteiger partial charge is 0.371 e. The lowest BCUT2D eigenvalue weighted by Gasteiger charge is -2.18. The van der Waals surface area contributed by atoms with Crippen LogP contribution in [0.15, 0.2) is 36.9 Å². The van der Waals surface area contributed by atoms with Crippen LogP contribution in [-0.2, 0) is 6.42 Å². The number of hydrogen-bond donors (Lipinski definition) is 2. The van der Waals surface area contributed by atoms with Crippen molar-refractivity contribution < 1.29 is 4.90 Å². The molecule has 3 aromatic rings. The number of nitrogens with one attached hydrogen (secondary N) is 2. The molecular weight excluding hydrogens is 322 g/mol. The molecule has 3 rings (SSSR count). The quantitative estimate of drug-likeness (QED) is 0.509. The van der Waals surface area contributed by atoms with Gasteiger partial charge in [0.25, 0.3) is 0 Å². The van der Waals surface area contributed by atoms with E-state index in [4.69, 9.17) is 4.98 Å². The number of fused-ring (bicyclic) bond motifs is 3. The van der Waals surface area contributed by atoms with Crippen LogP contribution in [-0.4, -0.2) is 36.6 Å². The molecule has 0 amide bonds. The molecule has 134 valence electrons. The van der Waals surface area contributed by atoms with E-state index in [1.807, 2.05) is 31.2 Å². The molecule has 2 N–H and O–H groups in total. The summed E-state index contributed by atoms with van der Waals surface area (Å²) in [6.45, 7) is 7.89. The van der Waals surface area contributed by atoms with E-state index in [0.29, 0.717) is 12.0 Å². The van der Waals surface area contributed by atoms with Crippen molar-refractivity contribution in [3.8, 4) is 6.07 Å². The molecule has 1 aromatic carbocycles. The molecule has 0 aliphatic carbocycles. The first-order valence-electron chi connectivity index (χ1n) is 9.05. The highest BCUT2D eigenvalue weighted by atomic mass is 15.1. The summed E-state index contributed by atoms with van der Waals surface area (Å²) in [5, 5.41) is 13.4. The van der Waals surface area contributed by atoms with E-state index in [2.05, 4.69) is 42.5 Å². The van der Waals surface area contributed by atoms with Crippen molar-refractivity contribution in [3.05, 3.63) is 53.6 Å². The zero-order valence-corrected chi connectivity index (χ0v) is 15.8. The number of nitrogens with zero attached hydrogens (tertiary/aromatic N) is 3. The third-order valence-corrected chi connectivity index (χ3v) is 4.73. The molecule has 0 radical (unpaired) electrons. The van der Waals surface area contributed by atoms with E-state index in [1.54, 1.807) is 0 Å². The highest BCUT2D eigenvalue weighted by Gasteiger charge is 2.19. The number of aromatic nitrogens is 2. The van der Waals surface area contributed by atoms with Crippen molar-refractivity contribution in [1.29, 1.82) is 5.26 Å². The summed E-state index contributed by atoms with van der Waals surface area (Å²) in [6, 6.07) is 10.4. The number of anilines is 1. The van der Waals surface area contributed by atoms with Crippen molar-refractivity contribution in [1.82, 2.24) is 9.38 Å². The predicted molar refractivity (Wildman–Crippen MR) is 107 cm³/mol. The number of quaternary nitrogens is 1. The number of rotatable bonds is 7. The van der Waals surface area contributed by atoms with Crippen LogP contribution in [0.3, 0.4) is 0 Å². The van der Waals surface area contributed by atoms with Gasteiger partial charge < -0.3 is 10.2 Å². The maximum Gasteiger partial charge on any atom is 0.157 e. The first kappa shape index (κ1) is 18.0. The lowest BCUT2D eigenvalue weighted by molar-refractivity contribution is -0.858. The van der Waals surface area contributed by atoms with Gasteiger partial charge in [-0.25, -0.2) is 4.98 Å². The van der Waals surface area contributed by atoms with Crippen molar-refractivity contribution in [2.75, 3.05) is 32.5 Å². The van der Waals surface area contributed by atoms with Gasteiger partial charge in [-0.15, -0.1) is 6.58 Å². The number of nitriles is 1. The summed E-state index contributed by atoms with van der Waals surface area (Å²) in [6.07, 6.45) is 3.68. The average molecular weight is 348 g/mol. The topological polar surface area (TPSA) is 57.6 Å². The van der Waals surface area contributed by atoms with Crippen molar-refractivity contribution in [2.24, 2.45) is 0 Å². The number of imidazole rings is 1. The Morgan fingerprint density at radius 2 is 2.12 bits per heavy atom. The molecule has 0 aliphatic rings. The third-order valence-electron chi connectivity index (χ3n) is 4.73. The van der Waals surface area contributed by atoms with Gasteiger partial charge >= 0.3 is 0 Å². The number of para-hydroxylation sites is 2. The van der Waals surface area contributed by atoms with Crippen molar-refractivity contribution in [2.45, 2.75) is 19.8 Å². The molecule has 2 heterocycles. The van der Waals surface area contributed by atoms with Gasteiger partial charge in [-0.2, -0.15) is 5.26 Å². The zero-order valence-electron chi connectivity index (χ0n) is 15.8. The Balaban J connectivity index is 2.22. The Bertz CT molecular complexity index is 991. The summed E-state index contributed by atoms with van der Waals surface area (Å²) in [4.78, 5) is 6.17. The Morgan fingerprint density at radius 1 is 1.35 bits per heavy atom. The normalized spacial score (nSPS) is 11.2. The molecule has 0 fully saturated rings. The monoisotopic (exact) mass is 348 g/mol. The molecule has 0 unspecified atom stereocenters. The van der Waals surface area contributed by atoms with Crippen LogP contribution in [0.25, 0.3) is 16.7 Å². The molecule has 0 spiro atoms. The second-order valence-corrected chi connectivity index (χ2v) is 6.93. The maximum atomic E-state index is 9.75. The first-order valence-corrected chi connectivity index (χ1v) is 9.05. The molecule has 0 bridgehead atoms. The number of allylic oxidation sites excluding steroid dienone is 1. The minimum Gasteiger partial charge on any atom is -0.371 e. The van der Waals surface area contributed by atoms with E-state index in [9.17, 15) is 5.26 Å². The lowest BCUT2D eigenvalue weighted by Crippen LogP contribution is -3.05. The minimum absolute atomic E-state index is 0.640. The molecule has 0 atom stereocenters. The van der Waals surface area contributed by atoms with E-state index in [1.165, 1.54) is 4.90 Å². The lowest BCUT2D eigenvalue weighted by atomic mass is 10.0. The van der Waals surface area contributed by atoms with Crippen LogP contribution in [0.4, 0.5) is 5.82 Å². The third kappa shape index (κ3) is 3.16. The van der Waals surface area contributed by atoms with Crippen LogP contribution in [0, 0.1) is 18.3 Å². The number of benzene rings is 1. The Labute approximate surface area is 154 Å². The highest BCUT2D eigenvalue weighted by Crippen LogP contribution is 2.31.